The summed E-state index contributed by atoms with van der Waals surface area (Å²) < 4.78 is 6.76. The Morgan fingerprint density at radius 3 is 2.58 bits per heavy atom. The Morgan fingerprint density at radius 1 is 1.08 bits per heavy atom. The second-order valence-corrected chi connectivity index (χ2v) is 18.3. The van der Waals surface area contributed by atoms with Crippen LogP contribution in [0.3, 0.4) is 0 Å². The zero-order valence-electron chi connectivity index (χ0n) is 28.0. The van der Waals surface area contributed by atoms with Crippen LogP contribution in [0.4, 0.5) is 17.1 Å². The number of fused-ring (bicyclic) bond motifs is 2. The molecule has 2 aromatic rings. The van der Waals surface area contributed by atoms with Crippen molar-refractivity contribution in [2.24, 2.45) is 5.92 Å². The lowest BCUT2D eigenvalue weighted by atomic mass is 9.82. The Balaban J connectivity index is 1.37. The number of aliphatic hydroxyl groups excluding tert-OH is 1. The van der Waals surface area contributed by atoms with Gasteiger partial charge in [0, 0.05) is 54.4 Å². The third-order valence-corrected chi connectivity index (χ3v) is 13.4. The van der Waals surface area contributed by atoms with E-state index in [1.807, 2.05) is 36.1 Å². The SMILES string of the molecule is C[C@H]1[C@H]([Si](C)(C)O)[C@@H](CC(=O)N2CCC[C@H]2CO)O[C@]12C(=O)N(Cc1cccc(N3CCCCCCC3=O)c1)c1ccc([N+](=O)[O-])cc12. The molecule has 1 spiro atoms. The molecule has 3 fully saturated rings. The Morgan fingerprint density at radius 2 is 1.85 bits per heavy atom. The fraction of sp³-hybridized carbons (Fsp3) is 0.571. The molecule has 0 aromatic heterocycles. The molecule has 6 rings (SSSR count). The van der Waals surface area contributed by atoms with Crippen molar-refractivity contribution >= 4 is 43.1 Å². The number of rotatable bonds is 8. The van der Waals surface area contributed by atoms with Gasteiger partial charge in [0.1, 0.15) is 0 Å². The monoisotopic (exact) mass is 678 g/mol. The number of hydrogen-bond acceptors (Lipinski definition) is 8. The maximum absolute atomic E-state index is 14.8. The van der Waals surface area contributed by atoms with Crippen LogP contribution in [0.5, 0.6) is 0 Å². The van der Waals surface area contributed by atoms with Gasteiger partial charge in [-0.2, -0.15) is 0 Å². The number of hydrogen-bond donors (Lipinski definition) is 2. The molecule has 258 valence electrons. The number of benzene rings is 2. The molecule has 13 heteroatoms. The van der Waals surface area contributed by atoms with E-state index in [4.69, 9.17) is 4.74 Å². The van der Waals surface area contributed by atoms with Crippen molar-refractivity contribution in [1.29, 1.82) is 0 Å². The molecule has 5 atom stereocenters. The molecule has 0 radical (unpaired) electrons. The average Bonchev–Trinajstić information content (AvgIpc) is 3.69. The topological polar surface area (TPSA) is 154 Å². The number of nitrogens with zero attached hydrogens (tertiary/aromatic N) is 4. The van der Waals surface area contributed by atoms with Crippen LogP contribution in [0.25, 0.3) is 0 Å². The Hall–Kier alpha value is -3.65. The minimum absolute atomic E-state index is 0.0757. The first-order valence-corrected chi connectivity index (χ1v) is 20.2. The predicted molar refractivity (Wildman–Crippen MR) is 182 cm³/mol. The van der Waals surface area contributed by atoms with Crippen molar-refractivity contribution < 1.29 is 33.9 Å². The van der Waals surface area contributed by atoms with Crippen molar-refractivity contribution in [3.8, 4) is 0 Å². The van der Waals surface area contributed by atoms with Crippen LogP contribution < -0.4 is 9.80 Å². The van der Waals surface area contributed by atoms with Crippen molar-refractivity contribution in [3.05, 3.63) is 63.7 Å². The van der Waals surface area contributed by atoms with Gasteiger partial charge in [0.15, 0.2) is 13.9 Å². The summed E-state index contributed by atoms with van der Waals surface area (Å²) in [5.74, 6) is -1.12. The summed E-state index contributed by atoms with van der Waals surface area (Å²) in [6.45, 7) is 6.52. The molecule has 0 unspecified atom stereocenters. The molecule has 12 nitrogen and oxygen atoms in total. The van der Waals surface area contributed by atoms with Crippen LogP contribution in [0, 0.1) is 16.0 Å². The number of likely N-dealkylation sites (tertiary alicyclic amines) is 1. The third-order valence-electron chi connectivity index (χ3n) is 10.8. The van der Waals surface area contributed by atoms with Gasteiger partial charge in [-0.1, -0.05) is 31.9 Å². The molecule has 4 heterocycles. The summed E-state index contributed by atoms with van der Waals surface area (Å²) in [5, 5.41) is 21.8. The Labute approximate surface area is 281 Å². The smallest absolute Gasteiger partial charge is 0.269 e. The number of ether oxygens (including phenoxy) is 1. The highest BCUT2D eigenvalue weighted by molar-refractivity contribution is 6.71. The van der Waals surface area contributed by atoms with Gasteiger partial charge in [-0.3, -0.25) is 24.5 Å². The zero-order chi connectivity index (χ0) is 34.4. The van der Waals surface area contributed by atoms with Gasteiger partial charge in [0.05, 0.1) is 42.3 Å². The molecule has 4 aliphatic rings. The fourth-order valence-electron chi connectivity index (χ4n) is 8.62. The lowest BCUT2D eigenvalue weighted by Gasteiger charge is -2.32. The zero-order valence-corrected chi connectivity index (χ0v) is 29.0. The number of nitro benzene ring substituents is 1. The number of carbonyl (C=O) groups is 3. The molecule has 0 aliphatic carbocycles. The first kappa shape index (κ1) is 34.2. The van der Waals surface area contributed by atoms with Crippen molar-refractivity contribution in [3.63, 3.8) is 0 Å². The molecule has 2 N–H and O–H groups in total. The van der Waals surface area contributed by atoms with Crippen LogP contribution in [-0.4, -0.2) is 77.6 Å². The van der Waals surface area contributed by atoms with Crippen LogP contribution in [0.2, 0.25) is 18.6 Å². The van der Waals surface area contributed by atoms with Crippen LogP contribution in [0.1, 0.15) is 69.4 Å². The van der Waals surface area contributed by atoms with Gasteiger partial charge in [0.2, 0.25) is 11.8 Å². The highest BCUT2D eigenvalue weighted by Gasteiger charge is 2.66. The van der Waals surface area contributed by atoms with E-state index in [9.17, 15) is 34.4 Å². The number of nitro groups is 1. The molecule has 3 saturated heterocycles. The molecule has 0 saturated carbocycles. The summed E-state index contributed by atoms with van der Waals surface area (Å²) in [6.07, 6.45) is 4.98. The van der Waals surface area contributed by atoms with Crippen LogP contribution in [0.15, 0.2) is 42.5 Å². The van der Waals surface area contributed by atoms with E-state index in [0.29, 0.717) is 37.2 Å². The number of amides is 3. The van der Waals surface area contributed by atoms with E-state index >= 15 is 0 Å². The lowest BCUT2D eigenvalue weighted by Crippen LogP contribution is -2.46. The van der Waals surface area contributed by atoms with Gasteiger partial charge in [-0.05, 0) is 62.5 Å². The minimum atomic E-state index is -3.09. The molecule has 2 aromatic carbocycles. The summed E-state index contributed by atoms with van der Waals surface area (Å²) in [4.78, 5) is 69.6. The fourth-order valence-corrected chi connectivity index (χ4v) is 11.2. The van der Waals surface area contributed by atoms with E-state index in [-0.39, 0.29) is 43.1 Å². The number of anilines is 2. The van der Waals surface area contributed by atoms with Crippen molar-refractivity contribution in [1.82, 2.24) is 4.90 Å². The molecule has 48 heavy (non-hydrogen) atoms. The van der Waals surface area contributed by atoms with Crippen LogP contribution >= 0.6 is 0 Å². The van der Waals surface area contributed by atoms with E-state index in [2.05, 4.69) is 0 Å². The summed E-state index contributed by atoms with van der Waals surface area (Å²) in [7, 11) is -3.09. The number of non-ortho nitro benzene ring substituents is 1. The quantitative estimate of drug-likeness (QED) is 0.233. The standard InChI is InChI=1S/C35H46N4O8Si/c1-23-33(48(2,3)46)30(20-32(42)37-17-9-12-27(37)22-40)47-35(23)28-19-26(39(44)45)14-15-29(28)38(34(35)43)21-24-10-8-11-25(18-24)36-16-7-5-4-6-13-31(36)41/h8,10-11,14-15,18-19,23,27,30,33,40,46H,4-7,9,12-13,16-17,20-22H2,1-3H3/t23-,27-,30+,33-,35+/m0/s1. The summed E-state index contributed by atoms with van der Waals surface area (Å²) in [5.41, 5.74) is 0.0220. The highest BCUT2D eigenvalue weighted by atomic mass is 28.4. The molecule has 4 aliphatic heterocycles. The van der Waals surface area contributed by atoms with Crippen molar-refractivity contribution in [2.75, 3.05) is 29.5 Å². The summed E-state index contributed by atoms with van der Waals surface area (Å²) >= 11 is 0. The average molecular weight is 679 g/mol. The van der Waals surface area contributed by atoms with E-state index < -0.39 is 42.3 Å². The Kier molecular flexibility index (Phi) is 9.51. The molecular formula is C35H46N4O8Si. The van der Waals surface area contributed by atoms with Gasteiger partial charge in [-0.15, -0.1) is 0 Å². The predicted octanol–water partition coefficient (Wildman–Crippen LogP) is 4.61. The van der Waals surface area contributed by atoms with Crippen molar-refractivity contribution in [2.45, 2.75) is 101 Å². The summed E-state index contributed by atoms with van der Waals surface area (Å²) in [6, 6.07) is 11.6. The lowest BCUT2D eigenvalue weighted by molar-refractivity contribution is -0.385. The second kappa shape index (κ2) is 13.3. The maximum atomic E-state index is 14.8. The van der Waals surface area contributed by atoms with Crippen LogP contribution in [-0.2, 0) is 31.3 Å². The number of carbonyl (C=O) groups excluding carboxylic acids is 3. The normalized spacial score (nSPS) is 27.8. The van der Waals surface area contributed by atoms with E-state index in [1.165, 1.54) is 12.1 Å². The highest BCUT2D eigenvalue weighted by Crippen LogP contribution is 2.60. The van der Waals surface area contributed by atoms with E-state index in [0.717, 1.165) is 43.4 Å². The third kappa shape index (κ3) is 6.05. The Bertz CT molecular complexity index is 1600. The molecular weight excluding hydrogens is 632 g/mol. The largest absolute Gasteiger partial charge is 0.432 e. The first-order valence-electron chi connectivity index (χ1n) is 17.2. The van der Waals surface area contributed by atoms with Gasteiger partial charge in [0.25, 0.3) is 11.6 Å². The van der Waals surface area contributed by atoms with Gasteiger partial charge >= 0.3 is 0 Å². The van der Waals surface area contributed by atoms with Gasteiger partial charge < -0.3 is 29.3 Å². The maximum Gasteiger partial charge on any atom is 0.269 e. The molecule has 3 amide bonds. The minimum Gasteiger partial charge on any atom is -0.432 e. The van der Waals surface area contributed by atoms with E-state index in [1.54, 1.807) is 29.0 Å². The first-order chi connectivity index (χ1) is 22.9. The second-order valence-electron chi connectivity index (χ2n) is 14.4. The number of aliphatic hydroxyl groups is 1. The van der Waals surface area contributed by atoms with Gasteiger partial charge in [-0.25, -0.2) is 0 Å². The molecule has 0 bridgehead atoms.